The Labute approximate surface area is 146 Å². The Kier molecular flexibility index (Phi) is 6.88. The minimum Gasteiger partial charge on any atom is -0.452 e. The molecule has 1 unspecified atom stereocenters. The molecular formula is C19H21NO3S. The molecule has 2 aromatic carbocycles. The van der Waals surface area contributed by atoms with Gasteiger partial charge >= 0.3 is 5.97 Å². The highest BCUT2D eigenvalue weighted by Gasteiger charge is 2.15. The van der Waals surface area contributed by atoms with Gasteiger partial charge in [0.05, 0.1) is 11.6 Å². The maximum absolute atomic E-state index is 12.2. The fourth-order valence-electron chi connectivity index (χ4n) is 2.23. The summed E-state index contributed by atoms with van der Waals surface area (Å²) in [6.07, 6.45) is 0. The van der Waals surface area contributed by atoms with E-state index in [0.717, 1.165) is 16.2 Å². The van der Waals surface area contributed by atoms with Crippen LogP contribution in [0.25, 0.3) is 0 Å². The van der Waals surface area contributed by atoms with Gasteiger partial charge < -0.3 is 10.1 Å². The van der Waals surface area contributed by atoms with Gasteiger partial charge in [-0.3, -0.25) is 4.79 Å². The van der Waals surface area contributed by atoms with Crippen LogP contribution in [0, 0.1) is 0 Å². The lowest BCUT2D eigenvalue weighted by Crippen LogP contribution is -2.31. The van der Waals surface area contributed by atoms with E-state index < -0.39 is 5.97 Å². The third-order valence-corrected chi connectivity index (χ3v) is 4.37. The van der Waals surface area contributed by atoms with Crippen molar-refractivity contribution in [3.05, 3.63) is 65.7 Å². The first kappa shape index (κ1) is 18.1. The van der Waals surface area contributed by atoms with Gasteiger partial charge in [-0.2, -0.15) is 0 Å². The fourth-order valence-corrected chi connectivity index (χ4v) is 3.03. The molecule has 0 radical (unpaired) electrons. The van der Waals surface area contributed by atoms with Crippen LogP contribution in [0.3, 0.4) is 0 Å². The molecule has 0 saturated heterocycles. The summed E-state index contributed by atoms with van der Waals surface area (Å²) in [6, 6.07) is 16.8. The van der Waals surface area contributed by atoms with Crippen LogP contribution in [0.5, 0.6) is 0 Å². The predicted octanol–water partition coefficient (Wildman–Crippen LogP) is 3.83. The molecule has 0 heterocycles. The first-order chi connectivity index (χ1) is 11.6. The molecule has 0 fully saturated rings. The summed E-state index contributed by atoms with van der Waals surface area (Å²) in [5, 5.41) is 2.82. The number of hydrogen-bond acceptors (Lipinski definition) is 4. The van der Waals surface area contributed by atoms with Crippen molar-refractivity contribution < 1.29 is 14.3 Å². The van der Waals surface area contributed by atoms with Gasteiger partial charge in [0.2, 0.25) is 0 Å². The second-order valence-corrected chi connectivity index (χ2v) is 6.51. The highest BCUT2D eigenvalue weighted by atomic mass is 32.2. The Balaban J connectivity index is 1.89. The van der Waals surface area contributed by atoms with Crippen molar-refractivity contribution in [2.45, 2.75) is 24.8 Å². The first-order valence-corrected chi connectivity index (χ1v) is 8.83. The number of thioether (sulfide) groups is 1. The summed E-state index contributed by atoms with van der Waals surface area (Å²) in [5.41, 5.74) is 1.50. The number of ether oxygens (including phenoxy) is 1. The third-order valence-electron chi connectivity index (χ3n) is 3.42. The average molecular weight is 343 g/mol. The molecule has 24 heavy (non-hydrogen) atoms. The fraction of sp³-hybridized carbons (Fsp3) is 0.263. The van der Waals surface area contributed by atoms with Crippen molar-refractivity contribution >= 4 is 23.6 Å². The minimum atomic E-state index is -0.478. The summed E-state index contributed by atoms with van der Waals surface area (Å²) < 4.78 is 5.15. The van der Waals surface area contributed by atoms with E-state index in [4.69, 9.17) is 4.74 Å². The molecule has 0 bridgehead atoms. The van der Waals surface area contributed by atoms with Gasteiger partial charge in [-0.25, -0.2) is 4.79 Å². The van der Waals surface area contributed by atoms with Crippen LogP contribution >= 0.6 is 11.8 Å². The SMILES string of the molecule is CCSc1ccccc1C(=O)OCC(=O)NC(C)c1ccccc1. The molecule has 0 aliphatic rings. The van der Waals surface area contributed by atoms with E-state index in [2.05, 4.69) is 5.32 Å². The van der Waals surface area contributed by atoms with Crippen LogP contribution in [-0.2, 0) is 9.53 Å². The zero-order valence-corrected chi connectivity index (χ0v) is 14.6. The molecule has 126 valence electrons. The molecule has 0 aliphatic carbocycles. The van der Waals surface area contributed by atoms with Gasteiger partial charge in [-0.1, -0.05) is 49.4 Å². The topological polar surface area (TPSA) is 55.4 Å². The maximum Gasteiger partial charge on any atom is 0.339 e. The number of carbonyl (C=O) groups is 2. The van der Waals surface area contributed by atoms with Crippen LogP contribution in [0.15, 0.2) is 59.5 Å². The van der Waals surface area contributed by atoms with Gasteiger partial charge in [-0.15, -0.1) is 11.8 Å². The van der Waals surface area contributed by atoms with E-state index in [1.54, 1.807) is 23.9 Å². The summed E-state index contributed by atoms with van der Waals surface area (Å²) in [6.45, 7) is 3.62. The second kappa shape index (κ2) is 9.13. The Hall–Kier alpha value is -2.27. The third kappa shape index (κ3) is 5.13. The van der Waals surface area contributed by atoms with Crippen molar-refractivity contribution in [1.29, 1.82) is 0 Å². The molecule has 2 aromatic rings. The molecule has 5 heteroatoms. The molecule has 1 atom stereocenters. The van der Waals surface area contributed by atoms with Crippen LogP contribution in [-0.4, -0.2) is 24.2 Å². The van der Waals surface area contributed by atoms with Crippen molar-refractivity contribution in [1.82, 2.24) is 5.32 Å². The maximum atomic E-state index is 12.2. The van der Waals surface area contributed by atoms with Gasteiger partial charge in [0.15, 0.2) is 6.61 Å². The van der Waals surface area contributed by atoms with E-state index in [0.29, 0.717) is 5.56 Å². The largest absolute Gasteiger partial charge is 0.452 e. The lowest BCUT2D eigenvalue weighted by Gasteiger charge is -2.14. The molecule has 4 nitrogen and oxygen atoms in total. The predicted molar refractivity (Wildman–Crippen MR) is 96.1 cm³/mol. The van der Waals surface area contributed by atoms with Gasteiger partial charge in [0.25, 0.3) is 5.91 Å². The van der Waals surface area contributed by atoms with Crippen LogP contribution in [0.2, 0.25) is 0 Å². The van der Waals surface area contributed by atoms with E-state index in [-0.39, 0.29) is 18.6 Å². The van der Waals surface area contributed by atoms with Crippen LogP contribution in [0.1, 0.15) is 35.8 Å². The highest BCUT2D eigenvalue weighted by Crippen LogP contribution is 2.22. The second-order valence-electron chi connectivity index (χ2n) is 5.21. The lowest BCUT2D eigenvalue weighted by atomic mass is 10.1. The van der Waals surface area contributed by atoms with Gasteiger partial charge in [-0.05, 0) is 30.4 Å². The van der Waals surface area contributed by atoms with Crippen molar-refractivity contribution in [2.75, 3.05) is 12.4 Å². The van der Waals surface area contributed by atoms with Crippen molar-refractivity contribution in [2.24, 2.45) is 0 Å². The van der Waals surface area contributed by atoms with Crippen LogP contribution in [0.4, 0.5) is 0 Å². The number of esters is 1. The minimum absolute atomic E-state index is 0.139. The molecular weight excluding hydrogens is 322 g/mol. The molecule has 0 aromatic heterocycles. The molecule has 2 rings (SSSR count). The number of rotatable bonds is 7. The first-order valence-electron chi connectivity index (χ1n) is 7.85. The number of benzene rings is 2. The van der Waals surface area contributed by atoms with E-state index in [1.807, 2.05) is 56.3 Å². The highest BCUT2D eigenvalue weighted by molar-refractivity contribution is 7.99. The summed E-state index contributed by atoms with van der Waals surface area (Å²) >= 11 is 1.57. The van der Waals surface area contributed by atoms with E-state index in [1.165, 1.54) is 0 Å². The Bertz CT molecular complexity index is 688. The molecule has 0 spiro atoms. The number of nitrogens with one attached hydrogen (secondary N) is 1. The quantitative estimate of drug-likeness (QED) is 0.613. The zero-order valence-electron chi connectivity index (χ0n) is 13.8. The van der Waals surface area contributed by atoms with Crippen molar-refractivity contribution in [3.8, 4) is 0 Å². The number of carbonyl (C=O) groups excluding carboxylic acids is 2. The number of hydrogen-bond donors (Lipinski definition) is 1. The molecule has 1 N–H and O–H groups in total. The molecule has 0 aliphatic heterocycles. The lowest BCUT2D eigenvalue weighted by molar-refractivity contribution is -0.124. The Morgan fingerprint density at radius 2 is 1.75 bits per heavy atom. The standard InChI is InChI=1S/C19H21NO3S/c1-3-24-17-12-8-7-11-16(17)19(22)23-13-18(21)20-14(2)15-9-5-4-6-10-15/h4-12,14H,3,13H2,1-2H3,(H,20,21). The van der Waals surface area contributed by atoms with E-state index in [9.17, 15) is 9.59 Å². The van der Waals surface area contributed by atoms with Gasteiger partial charge in [0, 0.05) is 4.90 Å². The van der Waals surface area contributed by atoms with E-state index >= 15 is 0 Å². The van der Waals surface area contributed by atoms with Crippen LogP contribution < -0.4 is 5.32 Å². The smallest absolute Gasteiger partial charge is 0.339 e. The Morgan fingerprint density at radius 1 is 1.08 bits per heavy atom. The normalized spacial score (nSPS) is 11.6. The van der Waals surface area contributed by atoms with Crippen molar-refractivity contribution in [3.63, 3.8) is 0 Å². The monoisotopic (exact) mass is 343 g/mol. The summed E-state index contributed by atoms with van der Waals surface area (Å²) in [4.78, 5) is 25.0. The average Bonchev–Trinajstić information content (AvgIpc) is 2.61. The molecule has 0 saturated carbocycles. The van der Waals surface area contributed by atoms with Gasteiger partial charge in [0.1, 0.15) is 0 Å². The number of amides is 1. The summed E-state index contributed by atoms with van der Waals surface area (Å²) in [5.74, 6) is 0.0636. The summed E-state index contributed by atoms with van der Waals surface area (Å²) in [7, 11) is 0. The zero-order chi connectivity index (χ0) is 17.4. The Morgan fingerprint density at radius 3 is 2.46 bits per heavy atom. The molecule has 1 amide bonds.